The van der Waals surface area contributed by atoms with Crippen molar-refractivity contribution in [3.05, 3.63) is 122 Å². The topological polar surface area (TPSA) is 186 Å². The first-order chi connectivity index (χ1) is 18.9. The average Bonchev–Trinajstić information content (AvgIpc) is 2.86. The van der Waals surface area contributed by atoms with Crippen LogP contribution in [-0.2, 0) is 24.0 Å². The quantitative estimate of drug-likeness (QED) is 0.109. The standard InChI is InChI=1S/5C6H8O2.10K.10H/c5*1-2-3-4-5-6(7)8;;;;;;;;;;;;;;;;;;;;/h5*2-5H,1H3,(H,7,8);;;;;;;;;;;;;;;;;;;;. The van der Waals surface area contributed by atoms with Gasteiger partial charge >= 0.3 is 544 Å². The molecule has 0 aliphatic rings. The van der Waals surface area contributed by atoms with Gasteiger partial charge in [-0.05, 0) is 34.6 Å². The van der Waals surface area contributed by atoms with Crippen LogP contribution < -0.4 is 0 Å². The Morgan fingerprint density at radius 2 is 0.360 bits per heavy atom. The van der Waals surface area contributed by atoms with Crippen LogP contribution in [0.25, 0.3) is 0 Å². The van der Waals surface area contributed by atoms with Crippen molar-refractivity contribution in [2.45, 2.75) is 34.6 Å². The molecule has 0 saturated carbocycles. The number of hydrogen-bond acceptors (Lipinski definition) is 5. The maximum atomic E-state index is 9.75. The van der Waals surface area contributed by atoms with Gasteiger partial charge in [-0.3, -0.25) is 0 Å². The van der Waals surface area contributed by atoms with Crippen molar-refractivity contribution in [2.24, 2.45) is 0 Å². The van der Waals surface area contributed by atoms with Crippen LogP contribution in [0.5, 0.6) is 0 Å². The summed E-state index contributed by atoms with van der Waals surface area (Å²) in [6, 6.07) is 0. The molecule has 0 amide bonds. The van der Waals surface area contributed by atoms with E-state index >= 15 is 0 Å². The monoisotopic (exact) mass is 960 g/mol. The molecule has 0 bridgehead atoms. The molecule has 10 nitrogen and oxygen atoms in total. The first-order valence-electron chi connectivity index (χ1n) is 11.5. The number of carboxylic acids is 5. The van der Waals surface area contributed by atoms with Gasteiger partial charge in [-0.1, -0.05) is 91.1 Å². The van der Waals surface area contributed by atoms with Crippen LogP contribution in [0, 0.1) is 0 Å². The maximum absolute atomic E-state index is 9.75. The molecule has 0 spiro atoms. The molecule has 0 aliphatic carbocycles. The Morgan fingerprint density at radius 3 is 0.420 bits per heavy atom. The Hall–Kier alpha value is 11.1. The molecule has 0 aliphatic heterocycles. The van der Waals surface area contributed by atoms with Crippen molar-refractivity contribution in [1.82, 2.24) is 0 Å². The molecule has 0 aromatic heterocycles. The second kappa shape index (κ2) is 98.8. The Labute approximate surface area is 724 Å². The fourth-order valence-corrected chi connectivity index (χ4v) is 1.24. The molecule has 0 heterocycles. The average molecular weight is 962 g/mol. The van der Waals surface area contributed by atoms with Crippen molar-refractivity contribution < 1.29 is 49.5 Å². The molecule has 0 atom stereocenters. The van der Waals surface area contributed by atoms with Gasteiger partial charge in [0.05, 0.1) is 0 Å². The zero-order valence-electron chi connectivity index (χ0n) is 23.3. The molecule has 240 valence electrons. The Morgan fingerprint density at radius 1 is 0.260 bits per heavy atom. The summed E-state index contributed by atoms with van der Waals surface area (Å²) in [5.74, 6) is -4.57. The van der Waals surface area contributed by atoms with Crippen LogP contribution in [-0.4, -0.2) is 569 Å². The Kier molecular flexibility index (Phi) is 205. The van der Waals surface area contributed by atoms with E-state index in [1.165, 1.54) is 30.4 Å². The summed E-state index contributed by atoms with van der Waals surface area (Å²) in [6.45, 7) is 9.13. The van der Waals surface area contributed by atoms with E-state index in [0.717, 1.165) is 30.4 Å². The van der Waals surface area contributed by atoms with Gasteiger partial charge in [-0.25, -0.2) is 24.0 Å². The first-order valence-corrected chi connectivity index (χ1v) is 11.5. The van der Waals surface area contributed by atoms with Crippen LogP contribution >= 0.6 is 0 Å². The minimum absolute atomic E-state index is 0. The molecule has 0 fully saturated rings. The molecular weight excluding hydrogens is 911 g/mol. The summed E-state index contributed by atoms with van der Waals surface area (Å²) >= 11 is 0. The van der Waals surface area contributed by atoms with Crippen LogP contribution in [0.1, 0.15) is 34.6 Å². The summed E-state index contributed by atoms with van der Waals surface area (Å²) in [7, 11) is 0. The van der Waals surface area contributed by atoms with Crippen LogP contribution in [0.15, 0.2) is 122 Å². The van der Waals surface area contributed by atoms with Gasteiger partial charge in [0.2, 0.25) is 0 Å². The first kappa shape index (κ1) is 104. The molecule has 0 rings (SSSR count). The van der Waals surface area contributed by atoms with E-state index in [0.29, 0.717) is 0 Å². The van der Waals surface area contributed by atoms with Gasteiger partial charge in [-0.2, -0.15) is 0 Å². The zero-order valence-corrected chi connectivity index (χ0v) is 23.3. The predicted octanol–water partition coefficient (Wildman–Crippen LogP) is -0.468. The van der Waals surface area contributed by atoms with E-state index in [4.69, 9.17) is 25.5 Å². The summed E-state index contributed by atoms with van der Waals surface area (Å²) in [4.78, 5) is 48.8. The Bertz CT molecular complexity index is 834. The predicted molar refractivity (Wildman–Crippen MR) is 229 cm³/mol. The molecule has 50 heavy (non-hydrogen) atoms. The molecular formula is C30H50K10O10. The van der Waals surface area contributed by atoms with Gasteiger partial charge in [0.25, 0.3) is 0 Å². The summed E-state index contributed by atoms with van der Waals surface area (Å²) in [5.41, 5.74) is 0. The summed E-state index contributed by atoms with van der Waals surface area (Å²) in [6.07, 6.45) is 29.9. The van der Waals surface area contributed by atoms with Crippen molar-refractivity contribution in [1.29, 1.82) is 0 Å². The van der Waals surface area contributed by atoms with E-state index in [1.807, 2.05) is 34.6 Å². The molecule has 0 saturated heterocycles. The van der Waals surface area contributed by atoms with Gasteiger partial charge in [-0.15, -0.1) is 0 Å². The third-order valence-corrected chi connectivity index (χ3v) is 2.71. The summed E-state index contributed by atoms with van der Waals surface area (Å²) < 4.78 is 0. The van der Waals surface area contributed by atoms with Gasteiger partial charge in [0.15, 0.2) is 0 Å². The number of hydrogen-bond donors (Lipinski definition) is 5. The van der Waals surface area contributed by atoms with Crippen molar-refractivity contribution in [3.63, 3.8) is 0 Å². The second-order valence-corrected chi connectivity index (χ2v) is 6.12. The molecule has 5 N–H and O–H groups in total. The van der Waals surface area contributed by atoms with E-state index < -0.39 is 29.8 Å². The molecule has 0 aromatic carbocycles. The van der Waals surface area contributed by atoms with Crippen molar-refractivity contribution >= 4 is 544 Å². The normalized spacial score (nSPS) is 8.90. The van der Waals surface area contributed by atoms with Crippen LogP contribution in [0.2, 0.25) is 0 Å². The summed E-state index contributed by atoms with van der Waals surface area (Å²) in [5, 5.41) is 40.1. The fourth-order valence-electron chi connectivity index (χ4n) is 1.24. The molecule has 0 unspecified atom stereocenters. The third kappa shape index (κ3) is 153. The number of carboxylic acid groups (broad SMARTS) is 5. The third-order valence-electron chi connectivity index (χ3n) is 2.71. The van der Waals surface area contributed by atoms with E-state index in [1.54, 1.807) is 60.8 Å². The molecule has 0 aromatic rings. The van der Waals surface area contributed by atoms with E-state index in [2.05, 4.69) is 0 Å². The van der Waals surface area contributed by atoms with Gasteiger partial charge in [0, 0.05) is 30.4 Å². The van der Waals surface area contributed by atoms with Crippen molar-refractivity contribution in [3.8, 4) is 0 Å². The van der Waals surface area contributed by atoms with Crippen LogP contribution in [0.4, 0.5) is 0 Å². The number of aliphatic carboxylic acids is 5. The minimum atomic E-state index is -0.914. The van der Waals surface area contributed by atoms with E-state index in [9.17, 15) is 24.0 Å². The SMILES string of the molecule is CC=CC=CC(=O)O.CC=CC=CC(=O)O.CC=CC=CC(=O)O.CC=CC=CC(=O)O.CC=CC=CC(=O)O.[KH].[KH].[KH].[KH].[KH].[KH].[KH].[KH].[KH].[KH]. The van der Waals surface area contributed by atoms with Gasteiger partial charge in [0.1, 0.15) is 0 Å². The number of rotatable bonds is 10. The fraction of sp³-hybridized carbons (Fsp3) is 0.167. The van der Waals surface area contributed by atoms with Crippen molar-refractivity contribution in [2.75, 3.05) is 0 Å². The number of carbonyl (C=O) groups is 5. The number of allylic oxidation sites excluding steroid dienone is 15. The zero-order chi connectivity index (χ0) is 32.0. The van der Waals surface area contributed by atoms with Crippen LogP contribution in [0.3, 0.4) is 0 Å². The van der Waals surface area contributed by atoms with Gasteiger partial charge < -0.3 is 25.5 Å². The van der Waals surface area contributed by atoms with E-state index in [-0.39, 0.29) is 514 Å². The Balaban J connectivity index is -0.0000000224. The molecule has 20 heteroatoms. The molecule has 0 radical (unpaired) electrons. The second-order valence-electron chi connectivity index (χ2n) is 6.12.